The minimum Gasteiger partial charge on any atom is -0.494 e. The highest BCUT2D eigenvalue weighted by atomic mass is 35.5. The molecule has 0 heterocycles. The number of hydrogen-bond donors (Lipinski definition) is 1. The van der Waals surface area contributed by atoms with Gasteiger partial charge in [-0.05, 0) is 29.9 Å². The maximum absolute atomic E-state index is 12.2. The minimum absolute atomic E-state index is 0.173. The zero-order valence-corrected chi connectivity index (χ0v) is 14.7. The van der Waals surface area contributed by atoms with Crippen molar-refractivity contribution in [2.75, 3.05) is 13.7 Å². The van der Waals surface area contributed by atoms with Crippen LogP contribution in [0.3, 0.4) is 0 Å². The van der Waals surface area contributed by atoms with Crippen molar-refractivity contribution >= 4 is 29.1 Å². The van der Waals surface area contributed by atoms with Crippen LogP contribution in [0, 0.1) is 17.8 Å². The van der Waals surface area contributed by atoms with Gasteiger partial charge in [-0.2, -0.15) is 0 Å². The van der Waals surface area contributed by atoms with Crippen molar-refractivity contribution in [3.05, 3.63) is 27.7 Å². The first-order valence-corrected chi connectivity index (χ1v) is 7.84. The number of rotatable bonds is 6. The lowest BCUT2D eigenvalue weighted by molar-refractivity contribution is 0.0937. The molecule has 0 saturated heterocycles. The van der Waals surface area contributed by atoms with Gasteiger partial charge in [0.2, 0.25) is 0 Å². The molecule has 0 fully saturated rings. The van der Waals surface area contributed by atoms with Gasteiger partial charge >= 0.3 is 0 Å². The SMILES string of the molecule is COc1c(Cl)cc(C(=O)NCC(C(C)C)C(C)C)cc1Cl. The molecule has 0 saturated carbocycles. The molecule has 118 valence electrons. The fourth-order valence-electron chi connectivity index (χ4n) is 2.44. The molecule has 1 aromatic carbocycles. The van der Waals surface area contributed by atoms with Crippen LogP contribution in [-0.4, -0.2) is 19.6 Å². The average Bonchev–Trinajstić information content (AvgIpc) is 2.37. The molecule has 1 amide bonds. The summed E-state index contributed by atoms with van der Waals surface area (Å²) in [5.41, 5.74) is 0.442. The standard InChI is InChI=1S/C16H23Cl2NO2/c1-9(2)12(10(3)4)8-19-16(20)11-6-13(17)15(21-5)14(18)7-11/h6-7,9-10,12H,8H2,1-5H3,(H,19,20). The first-order chi connectivity index (χ1) is 9.77. The minimum atomic E-state index is -0.173. The Kier molecular flexibility index (Phi) is 6.82. The van der Waals surface area contributed by atoms with Crippen molar-refractivity contribution in [1.82, 2.24) is 5.32 Å². The molecule has 21 heavy (non-hydrogen) atoms. The van der Waals surface area contributed by atoms with Crippen molar-refractivity contribution in [3.8, 4) is 5.75 Å². The fraction of sp³-hybridized carbons (Fsp3) is 0.562. The summed E-state index contributed by atoms with van der Waals surface area (Å²) in [5, 5.41) is 3.62. The molecule has 1 rings (SSSR count). The monoisotopic (exact) mass is 331 g/mol. The van der Waals surface area contributed by atoms with E-state index in [-0.39, 0.29) is 5.91 Å². The van der Waals surface area contributed by atoms with Gasteiger partial charge in [-0.3, -0.25) is 4.79 Å². The number of ether oxygens (including phenoxy) is 1. The maximum atomic E-state index is 12.2. The van der Waals surface area contributed by atoms with E-state index in [9.17, 15) is 4.79 Å². The van der Waals surface area contributed by atoms with Crippen molar-refractivity contribution in [2.24, 2.45) is 17.8 Å². The lowest BCUT2D eigenvalue weighted by Crippen LogP contribution is -2.33. The van der Waals surface area contributed by atoms with Gasteiger partial charge in [0.05, 0.1) is 17.2 Å². The Hall–Kier alpha value is -0.930. The normalized spacial score (nSPS) is 11.3. The summed E-state index contributed by atoms with van der Waals surface area (Å²) in [6, 6.07) is 3.14. The van der Waals surface area contributed by atoms with Crippen LogP contribution in [0.1, 0.15) is 38.1 Å². The van der Waals surface area contributed by atoms with E-state index < -0.39 is 0 Å². The van der Waals surface area contributed by atoms with Crippen LogP contribution in [-0.2, 0) is 0 Å². The van der Waals surface area contributed by atoms with E-state index in [0.29, 0.717) is 45.7 Å². The van der Waals surface area contributed by atoms with Crippen LogP contribution in [0.2, 0.25) is 10.0 Å². The van der Waals surface area contributed by atoms with Crippen molar-refractivity contribution < 1.29 is 9.53 Å². The molecule has 5 heteroatoms. The summed E-state index contributed by atoms with van der Waals surface area (Å²) in [6.07, 6.45) is 0. The molecule has 0 spiro atoms. The number of carbonyl (C=O) groups is 1. The first-order valence-electron chi connectivity index (χ1n) is 7.09. The molecule has 0 radical (unpaired) electrons. The van der Waals surface area contributed by atoms with E-state index in [2.05, 4.69) is 33.0 Å². The highest BCUT2D eigenvalue weighted by Gasteiger charge is 2.19. The van der Waals surface area contributed by atoms with Gasteiger partial charge in [-0.1, -0.05) is 50.9 Å². The molecule has 1 aromatic rings. The average molecular weight is 332 g/mol. The largest absolute Gasteiger partial charge is 0.494 e. The number of benzene rings is 1. The Balaban J connectivity index is 2.81. The summed E-state index contributed by atoms with van der Waals surface area (Å²) in [5.74, 6) is 1.66. The number of hydrogen-bond acceptors (Lipinski definition) is 2. The fourth-order valence-corrected chi connectivity index (χ4v) is 3.08. The highest BCUT2D eigenvalue weighted by molar-refractivity contribution is 6.37. The van der Waals surface area contributed by atoms with Gasteiger partial charge in [0, 0.05) is 12.1 Å². The Bertz CT molecular complexity index is 470. The summed E-state index contributed by atoms with van der Waals surface area (Å²) < 4.78 is 5.08. The molecular formula is C16H23Cl2NO2. The third-order valence-corrected chi connectivity index (χ3v) is 4.24. The lowest BCUT2D eigenvalue weighted by Gasteiger charge is -2.25. The van der Waals surface area contributed by atoms with Crippen LogP contribution in [0.15, 0.2) is 12.1 Å². The first kappa shape index (κ1) is 18.1. The Morgan fingerprint density at radius 3 is 2.00 bits per heavy atom. The third-order valence-electron chi connectivity index (χ3n) is 3.68. The predicted molar refractivity (Wildman–Crippen MR) is 88.5 cm³/mol. The van der Waals surface area contributed by atoms with Gasteiger partial charge in [0.1, 0.15) is 0 Å². The van der Waals surface area contributed by atoms with E-state index >= 15 is 0 Å². The number of halogens is 2. The van der Waals surface area contributed by atoms with Crippen LogP contribution in [0.5, 0.6) is 5.75 Å². The van der Waals surface area contributed by atoms with Crippen LogP contribution >= 0.6 is 23.2 Å². The number of amides is 1. The Morgan fingerprint density at radius 2 is 1.62 bits per heavy atom. The predicted octanol–water partition coefficient (Wildman–Crippen LogP) is 4.66. The molecular weight excluding hydrogens is 309 g/mol. The molecule has 3 nitrogen and oxygen atoms in total. The molecule has 1 N–H and O–H groups in total. The zero-order valence-electron chi connectivity index (χ0n) is 13.2. The zero-order chi connectivity index (χ0) is 16.2. The molecule has 0 bridgehead atoms. The van der Waals surface area contributed by atoms with Gasteiger partial charge in [-0.25, -0.2) is 0 Å². The number of methoxy groups -OCH3 is 1. The molecule has 0 aromatic heterocycles. The van der Waals surface area contributed by atoms with Crippen LogP contribution < -0.4 is 10.1 Å². The lowest BCUT2D eigenvalue weighted by atomic mass is 9.85. The maximum Gasteiger partial charge on any atom is 0.251 e. The molecule has 0 aliphatic carbocycles. The van der Waals surface area contributed by atoms with E-state index in [1.165, 1.54) is 7.11 Å². The van der Waals surface area contributed by atoms with E-state index in [0.717, 1.165) is 0 Å². The van der Waals surface area contributed by atoms with E-state index in [1.54, 1.807) is 12.1 Å². The van der Waals surface area contributed by atoms with Gasteiger partial charge in [-0.15, -0.1) is 0 Å². The highest BCUT2D eigenvalue weighted by Crippen LogP contribution is 2.33. The third kappa shape index (κ3) is 4.79. The van der Waals surface area contributed by atoms with Crippen LogP contribution in [0.25, 0.3) is 0 Å². The molecule has 0 atom stereocenters. The smallest absolute Gasteiger partial charge is 0.251 e. The topological polar surface area (TPSA) is 38.3 Å². The summed E-state index contributed by atoms with van der Waals surface area (Å²) in [6.45, 7) is 9.29. The summed E-state index contributed by atoms with van der Waals surface area (Å²) in [4.78, 5) is 12.2. The second-order valence-corrected chi connectivity index (χ2v) is 6.65. The summed E-state index contributed by atoms with van der Waals surface area (Å²) in [7, 11) is 1.49. The van der Waals surface area contributed by atoms with Gasteiger partial charge in [0.25, 0.3) is 5.91 Å². The van der Waals surface area contributed by atoms with E-state index in [4.69, 9.17) is 27.9 Å². The van der Waals surface area contributed by atoms with Gasteiger partial charge < -0.3 is 10.1 Å². The Labute approximate surface area is 137 Å². The second kappa shape index (κ2) is 7.90. The molecule has 0 unspecified atom stereocenters. The van der Waals surface area contributed by atoms with Crippen molar-refractivity contribution in [2.45, 2.75) is 27.7 Å². The van der Waals surface area contributed by atoms with Crippen LogP contribution in [0.4, 0.5) is 0 Å². The quantitative estimate of drug-likeness (QED) is 0.823. The Morgan fingerprint density at radius 1 is 1.14 bits per heavy atom. The summed E-state index contributed by atoms with van der Waals surface area (Å²) >= 11 is 12.1. The van der Waals surface area contributed by atoms with E-state index in [1.807, 2.05) is 0 Å². The second-order valence-electron chi connectivity index (χ2n) is 5.84. The van der Waals surface area contributed by atoms with Crippen molar-refractivity contribution in [1.29, 1.82) is 0 Å². The number of carbonyl (C=O) groups excluding carboxylic acids is 1. The molecule has 0 aliphatic heterocycles. The van der Waals surface area contributed by atoms with Crippen molar-refractivity contribution in [3.63, 3.8) is 0 Å². The number of nitrogens with one attached hydrogen (secondary N) is 1. The molecule has 0 aliphatic rings. The van der Waals surface area contributed by atoms with Gasteiger partial charge in [0.15, 0.2) is 5.75 Å².